The molecule has 0 saturated carbocycles. The second-order valence-corrected chi connectivity index (χ2v) is 6.29. The molecule has 2 aromatic carbocycles. The van der Waals surface area contributed by atoms with Crippen molar-refractivity contribution in [2.24, 2.45) is 0 Å². The van der Waals surface area contributed by atoms with Gasteiger partial charge in [-0.3, -0.25) is 0 Å². The predicted octanol–water partition coefficient (Wildman–Crippen LogP) is 3.34. The lowest BCUT2D eigenvalue weighted by atomic mass is 10.0. The molecule has 3 rings (SSSR count). The Morgan fingerprint density at radius 3 is 1.86 bits per heavy atom. The monoisotopic (exact) mass is 408 g/mol. The molecule has 1 aliphatic heterocycles. The number of rotatable bonds is 7. The Morgan fingerprint density at radius 1 is 0.750 bits per heavy atom. The maximum Gasteiger partial charge on any atom is 0.203 e. The summed E-state index contributed by atoms with van der Waals surface area (Å²) in [6.07, 6.45) is 3.10. The first-order valence-electron chi connectivity index (χ1n) is 8.76. The van der Waals surface area contributed by atoms with Gasteiger partial charge in [0.1, 0.15) is 6.54 Å². The van der Waals surface area contributed by atoms with E-state index in [9.17, 15) is 0 Å². The van der Waals surface area contributed by atoms with Gasteiger partial charge in [0, 0.05) is 17.5 Å². The van der Waals surface area contributed by atoms with Crippen LogP contribution in [0.3, 0.4) is 0 Å². The summed E-state index contributed by atoms with van der Waals surface area (Å²) in [7, 11) is 8.18. The molecule has 0 spiro atoms. The van der Waals surface area contributed by atoms with E-state index in [0.717, 1.165) is 42.1 Å². The minimum absolute atomic E-state index is 0. The van der Waals surface area contributed by atoms with Crippen LogP contribution in [-0.2, 0) is 13.0 Å². The van der Waals surface area contributed by atoms with E-state index in [1.54, 1.807) is 35.5 Å². The summed E-state index contributed by atoms with van der Waals surface area (Å²) >= 11 is 0. The van der Waals surface area contributed by atoms with Crippen molar-refractivity contribution in [1.29, 1.82) is 0 Å². The van der Waals surface area contributed by atoms with Gasteiger partial charge >= 0.3 is 0 Å². The first kappa shape index (κ1) is 21.7. The summed E-state index contributed by atoms with van der Waals surface area (Å²) in [6, 6.07) is 8.05. The number of ether oxygens (including phenoxy) is 5. The average Bonchev–Trinajstić information content (AvgIpc) is 2.71. The molecule has 0 aromatic heterocycles. The average molecular weight is 409 g/mol. The zero-order chi connectivity index (χ0) is 19.4. The van der Waals surface area contributed by atoms with Crippen molar-refractivity contribution in [2.75, 3.05) is 42.1 Å². The lowest BCUT2D eigenvalue weighted by molar-refractivity contribution is -0.540. The summed E-state index contributed by atoms with van der Waals surface area (Å²) in [5.41, 5.74) is 3.49. The van der Waals surface area contributed by atoms with Crippen molar-refractivity contribution in [1.82, 2.24) is 0 Å². The van der Waals surface area contributed by atoms with Crippen LogP contribution in [0.4, 0.5) is 0 Å². The molecule has 0 N–H and O–H groups in total. The van der Waals surface area contributed by atoms with E-state index in [2.05, 4.69) is 16.9 Å². The molecule has 0 saturated heterocycles. The minimum Gasteiger partial charge on any atom is -0.493 e. The summed E-state index contributed by atoms with van der Waals surface area (Å²) in [6.45, 7) is 1.66. The standard InChI is InChI=1S/C21H26NO5.ClH/c1-23-17-10-15-6-7-22(13-16(15)11-18(17)24-2)12-14-8-19(25-3)21(27-5)20(9-14)26-4;/h8-11,13H,6-7,12H2,1-5H3;1H/q+1;. The van der Waals surface area contributed by atoms with E-state index in [0.29, 0.717) is 17.2 Å². The Kier molecular flexibility index (Phi) is 7.40. The van der Waals surface area contributed by atoms with Crippen molar-refractivity contribution in [3.05, 3.63) is 41.0 Å². The molecular formula is C21H27ClNO5+. The van der Waals surface area contributed by atoms with E-state index in [1.165, 1.54) is 5.56 Å². The van der Waals surface area contributed by atoms with E-state index < -0.39 is 0 Å². The maximum atomic E-state index is 5.46. The van der Waals surface area contributed by atoms with Crippen LogP contribution in [0.5, 0.6) is 28.7 Å². The van der Waals surface area contributed by atoms with Gasteiger partial charge in [-0.05, 0) is 29.8 Å². The lowest BCUT2D eigenvalue weighted by Crippen LogP contribution is -2.22. The van der Waals surface area contributed by atoms with Gasteiger partial charge < -0.3 is 23.7 Å². The zero-order valence-corrected chi connectivity index (χ0v) is 17.7. The number of hydrogen-bond donors (Lipinski definition) is 0. The van der Waals surface area contributed by atoms with Gasteiger partial charge in [-0.2, -0.15) is 0 Å². The summed E-state index contributed by atoms with van der Waals surface area (Å²) in [5, 5.41) is 0. The predicted molar refractivity (Wildman–Crippen MR) is 111 cm³/mol. The molecule has 2 aromatic rings. The van der Waals surface area contributed by atoms with Crippen molar-refractivity contribution in [3.63, 3.8) is 0 Å². The van der Waals surface area contributed by atoms with Crippen LogP contribution >= 0.6 is 12.4 Å². The molecule has 7 heteroatoms. The number of fused-ring (bicyclic) bond motifs is 1. The first-order valence-corrected chi connectivity index (χ1v) is 8.76. The second kappa shape index (κ2) is 9.55. The van der Waals surface area contributed by atoms with Crippen molar-refractivity contribution in [2.45, 2.75) is 13.0 Å². The van der Waals surface area contributed by atoms with Crippen molar-refractivity contribution < 1.29 is 28.3 Å². The lowest BCUT2D eigenvalue weighted by Gasteiger charge is -2.17. The highest BCUT2D eigenvalue weighted by atomic mass is 35.5. The fourth-order valence-electron chi connectivity index (χ4n) is 3.38. The van der Waals surface area contributed by atoms with Crippen molar-refractivity contribution >= 4 is 18.6 Å². The smallest absolute Gasteiger partial charge is 0.203 e. The van der Waals surface area contributed by atoms with Crippen LogP contribution in [0.15, 0.2) is 24.3 Å². The fraction of sp³-hybridized carbons (Fsp3) is 0.381. The zero-order valence-electron chi connectivity index (χ0n) is 16.9. The highest BCUT2D eigenvalue weighted by Crippen LogP contribution is 2.38. The molecule has 1 aliphatic rings. The normalized spacial score (nSPS) is 12.2. The highest BCUT2D eigenvalue weighted by Gasteiger charge is 2.21. The Morgan fingerprint density at radius 2 is 1.32 bits per heavy atom. The summed E-state index contributed by atoms with van der Waals surface area (Å²) in [4.78, 5) is 0. The molecule has 28 heavy (non-hydrogen) atoms. The quantitative estimate of drug-likeness (QED) is 0.658. The third-order valence-electron chi connectivity index (χ3n) is 4.75. The summed E-state index contributed by atoms with van der Waals surface area (Å²) < 4.78 is 29.4. The highest BCUT2D eigenvalue weighted by molar-refractivity contribution is 5.85. The van der Waals surface area contributed by atoms with E-state index >= 15 is 0 Å². The van der Waals surface area contributed by atoms with Crippen LogP contribution in [0.25, 0.3) is 0 Å². The number of halogens is 1. The molecule has 0 fully saturated rings. The molecule has 152 valence electrons. The van der Waals surface area contributed by atoms with Gasteiger partial charge in [0.15, 0.2) is 35.8 Å². The Balaban J connectivity index is 0.00000280. The van der Waals surface area contributed by atoms with Crippen LogP contribution in [-0.4, -0.2) is 52.9 Å². The number of methoxy groups -OCH3 is 5. The third kappa shape index (κ3) is 4.28. The molecule has 6 nitrogen and oxygen atoms in total. The van der Waals surface area contributed by atoms with Crippen LogP contribution in [0.2, 0.25) is 0 Å². The van der Waals surface area contributed by atoms with Crippen LogP contribution in [0.1, 0.15) is 16.7 Å². The SMILES string of the molecule is COc1cc2c(cc1OC)CC[N+](Cc1cc(OC)c(OC)c(OC)c1)=C2.Cl. The molecular weight excluding hydrogens is 382 g/mol. The van der Waals surface area contributed by atoms with Gasteiger partial charge in [0.2, 0.25) is 5.75 Å². The van der Waals surface area contributed by atoms with Crippen molar-refractivity contribution in [3.8, 4) is 28.7 Å². The molecule has 0 radical (unpaired) electrons. The first-order chi connectivity index (χ1) is 13.1. The van der Waals surface area contributed by atoms with Gasteiger partial charge in [-0.1, -0.05) is 0 Å². The molecule has 0 atom stereocenters. The second-order valence-electron chi connectivity index (χ2n) is 6.29. The fourth-order valence-corrected chi connectivity index (χ4v) is 3.38. The third-order valence-corrected chi connectivity index (χ3v) is 4.75. The van der Waals surface area contributed by atoms with E-state index in [4.69, 9.17) is 23.7 Å². The van der Waals surface area contributed by atoms with Gasteiger partial charge in [-0.15, -0.1) is 12.4 Å². The summed E-state index contributed by atoms with van der Waals surface area (Å²) in [5.74, 6) is 3.43. The van der Waals surface area contributed by atoms with E-state index in [-0.39, 0.29) is 12.4 Å². The van der Waals surface area contributed by atoms with E-state index in [1.807, 2.05) is 18.2 Å². The molecule has 0 aliphatic carbocycles. The number of benzene rings is 2. The van der Waals surface area contributed by atoms with Gasteiger partial charge in [0.05, 0.1) is 35.5 Å². The topological polar surface area (TPSA) is 49.2 Å². The molecule has 1 heterocycles. The number of hydrogen-bond acceptors (Lipinski definition) is 5. The van der Waals surface area contributed by atoms with Gasteiger partial charge in [0.25, 0.3) is 0 Å². The van der Waals surface area contributed by atoms with Gasteiger partial charge in [-0.25, -0.2) is 4.58 Å². The minimum atomic E-state index is 0. The van der Waals surface area contributed by atoms with Crippen LogP contribution < -0.4 is 23.7 Å². The largest absolute Gasteiger partial charge is 0.493 e. The Hall–Kier alpha value is -2.60. The maximum absolute atomic E-state index is 5.46. The molecule has 0 bridgehead atoms. The molecule has 0 unspecified atom stereocenters. The Labute approximate surface area is 172 Å². The Bertz CT molecular complexity index is 841. The van der Waals surface area contributed by atoms with Crippen LogP contribution in [0, 0.1) is 0 Å². The molecule has 0 amide bonds. The number of nitrogens with zero attached hydrogens (tertiary/aromatic N) is 1.